The second-order valence-electron chi connectivity index (χ2n) is 9.97. The van der Waals surface area contributed by atoms with Gasteiger partial charge in [-0.25, -0.2) is 0 Å². The normalized spacial score (nSPS) is 25.7. The van der Waals surface area contributed by atoms with E-state index in [4.69, 9.17) is 14.2 Å². The monoisotopic (exact) mass is 644 g/mol. The molecule has 4 rings (SSSR count). The van der Waals surface area contributed by atoms with E-state index >= 15 is 0 Å². The third-order valence-electron chi connectivity index (χ3n) is 7.48. The summed E-state index contributed by atoms with van der Waals surface area (Å²) in [5.74, 6) is 0.240. The van der Waals surface area contributed by atoms with Gasteiger partial charge < -0.3 is 39.7 Å². The number of benzene rings is 1. The molecule has 1 aromatic carbocycles. The topological polar surface area (TPSA) is 138 Å². The molecule has 3 aliphatic rings. The molecule has 1 saturated heterocycles. The van der Waals surface area contributed by atoms with Gasteiger partial charge in [0.2, 0.25) is 5.91 Å². The minimum atomic E-state index is -1.12. The van der Waals surface area contributed by atoms with E-state index in [-0.39, 0.29) is 44.0 Å². The zero-order valence-corrected chi connectivity index (χ0v) is 23.8. The molecule has 0 spiro atoms. The molecule has 4 N–H and O–H groups in total. The average Bonchev–Trinajstić information content (AvgIpc) is 3.65. The lowest BCUT2D eigenvalue weighted by atomic mass is 9.86. The van der Waals surface area contributed by atoms with Crippen molar-refractivity contribution in [1.29, 1.82) is 0 Å². The summed E-state index contributed by atoms with van der Waals surface area (Å²) in [6.07, 6.45) is 4.23. The number of halogens is 1. The fourth-order valence-electron chi connectivity index (χ4n) is 5.60. The number of carbonyl (C=O) groups excluding carboxylic acids is 2. The van der Waals surface area contributed by atoms with Gasteiger partial charge >= 0.3 is 0 Å². The van der Waals surface area contributed by atoms with E-state index in [9.17, 15) is 24.9 Å². The van der Waals surface area contributed by atoms with Crippen molar-refractivity contribution in [2.45, 2.75) is 81.9 Å². The summed E-state index contributed by atoms with van der Waals surface area (Å²) in [6.45, 7) is 0.246. The number of aliphatic hydroxyl groups is 3. The lowest BCUT2D eigenvalue weighted by molar-refractivity contribution is -0.151. The molecule has 1 saturated carbocycles. The maximum absolute atomic E-state index is 13.8. The highest BCUT2D eigenvalue weighted by molar-refractivity contribution is 14.1. The number of ether oxygens (including phenoxy) is 3. The highest BCUT2D eigenvalue weighted by Crippen LogP contribution is 2.38. The van der Waals surface area contributed by atoms with Crippen molar-refractivity contribution in [1.82, 2.24) is 10.2 Å². The van der Waals surface area contributed by atoms with Gasteiger partial charge in [0, 0.05) is 31.2 Å². The van der Waals surface area contributed by atoms with Gasteiger partial charge in [0.05, 0.1) is 29.9 Å². The van der Waals surface area contributed by atoms with E-state index in [2.05, 4.69) is 27.9 Å². The summed E-state index contributed by atoms with van der Waals surface area (Å²) in [5.41, 5.74) is 1.03. The minimum absolute atomic E-state index is 0.0506. The number of nitrogens with one attached hydrogen (secondary N) is 1. The van der Waals surface area contributed by atoms with E-state index in [1.54, 1.807) is 23.1 Å². The zero-order chi connectivity index (χ0) is 27.2. The molecule has 2 amide bonds. The van der Waals surface area contributed by atoms with Gasteiger partial charge in [0.1, 0.15) is 18.3 Å². The van der Waals surface area contributed by atoms with E-state index in [0.717, 1.165) is 32.1 Å². The molecular weight excluding hydrogens is 607 g/mol. The van der Waals surface area contributed by atoms with Gasteiger partial charge in [0.25, 0.3) is 5.91 Å². The molecule has 4 atom stereocenters. The van der Waals surface area contributed by atoms with Crippen molar-refractivity contribution in [2.24, 2.45) is 0 Å². The summed E-state index contributed by atoms with van der Waals surface area (Å²) in [7, 11) is 1.49. The second kappa shape index (κ2) is 13.4. The molecule has 11 heteroatoms. The summed E-state index contributed by atoms with van der Waals surface area (Å²) < 4.78 is 18.2. The Labute approximate surface area is 236 Å². The van der Waals surface area contributed by atoms with E-state index < -0.39 is 24.4 Å². The van der Waals surface area contributed by atoms with Crippen molar-refractivity contribution in [3.8, 4) is 11.5 Å². The van der Waals surface area contributed by atoms with Gasteiger partial charge in [-0.15, -0.1) is 0 Å². The standard InChI is InChI=1S/C27H37IN2O8/c1-36-23-12-16(15-32)11-19(28)25(23)38-22-14-17(26(34)29-8-9-31)13-20(24(22)33)30(18-5-2-3-6-18)27(35)21-7-4-10-37-21/h11-12,14,18,20-22,24,31-33H,2-10,13,15H2,1H3,(H,29,34)/t20-,21?,22+,24+/m1/s1. The van der Waals surface area contributed by atoms with E-state index in [1.807, 2.05) is 0 Å². The smallest absolute Gasteiger partial charge is 0.252 e. The molecule has 0 aromatic heterocycles. The first-order chi connectivity index (χ1) is 18.4. The Morgan fingerprint density at radius 3 is 2.58 bits per heavy atom. The van der Waals surface area contributed by atoms with Crippen LogP contribution in [0.2, 0.25) is 0 Å². The van der Waals surface area contributed by atoms with Crippen LogP contribution in [0, 0.1) is 3.57 Å². The lowest BCUT2D eigenvalue weighted by Gasteiger charge is -2.44. The number of nitrogens with zero attached hydrogens (tertiary/aromatic N) is 1. The maximum Gasteiger partial charge on any atom is 0.252 e. The Bertz CT molecular complexity index is 1020. The third kappa shape index (κ3) is 6.44. The van der Waals surface area contributed by atoms with Crippen molar-refractivity contribution in [3.63, 3.8) is 0 Å². The second-order valence-corrected chi connectivity index (χ2v) is 11.1. The van der Waals surface area contributed by atoms with Crippen LogP contribution in [-0.4, -0.2) is 89.3 Å². The first kappa shape index (κ1) is 29.1. The van der Waals surface area contributed by atoms with Crippen LogP contribution >= 0.6 is 22.6 Å². The number of amides is 2. The molecule has 0 radical (unpaired) electrons. The Hall–Kier alpha value is -1.93. The Morgan fingerprint density at radius 1 is 1.18 bits per heavy atom. The number of methoxy groups -OCH3 is 1. The zero-order valence-electron chi connectivity index (χ0n) is 21.6. The first-order valence-electron chi connectivity index (χ1n) is 13.2. The predicted octanol–water partition coefficient (Wildman–Crippen LogP) is 1.66. The van der Waals surface area contributed by atoms with Gasteiger partial charge in [-0.05, 0) is 72.0 Å². The molecule has 38 heavy (non-hydrogen) atoms. The Kier molecular flexibility index (Phi) is 10.3. The lowest BCUT2D eigenvalue weighted by Crippen LogP contribution is -2.59. The molecular formula is C27H37IN2O8. The fourth-order valence-corrected chi connectivity index (χ4v) is 6.39. The van der Waals surface area contributed by atoms with Crippen LogP contribution in [0.5, 0.6) is 11.5 Å². The molecule has 0 bridgehead atoms. The first-order valence-corrected chi connectivity index (χ1v) is 14.3. The molecule has 10 nitrogen and oxygen atoms in total. The SMILES string of the molecule is COc1cc(CO)cc(I)c1O[C@H]1C=C(C(=O)NCCO)C[C@@H](N(C(=O)C2CCCO2)C2CCCC2)[C@@H]1O. The Morgan fingerprint density at radius 2 is 1.95 bits per heavy atom. The molecule has 1 unspecified atom stereocenters. The number of rotatable bonds is 10. The highest BCUT2D eigenvalue weighted by atomic mass is 127. The van der Waals surface area contributed by atoms with Gasteiger partial charge in [-0.2, -0.15) is 0 Å². The van der Waals surface area contributed by atoms with Crippen LogP contribution in [0.25, 0.3) is 0 Å². The van der Waals surface area contributed by atoms with E-state index in [1.165, 1.54) is 7.11 Å². The molecule has 1 aromatic rings. The number of aliphatic hydroxyl groups excluding tert-OH is 3. The third-order valence-corrected chi connectivity index (χ3v) is 8.28. The minimum Gasteiger partial charge on any atom is -0.493 e. The van der Waals surface area contributed by atoms with Crippen molar-refractivity contribution >= 4 is 34.4 Å². The van der Waals surface area contributed by atoms with Crippen LogP contribution in [-0.2, 0) is 20.9 Å². The number of carbonyl (C=O) groups is 2. The molecule has 2 fully saturated rings. The van der Waals surface area contributed by atoms with Crippen LogP contribution in [0.3, 0.4) is 0 Å². The number of hydrogen-bond acceptors (Lipinski definition) is 8. The van der Waals surface area contributed by atoms with E-state index in [0.29, 0.717) is 39.2 Å². The van der Waals surface area contributed by atoms with Crippen molar-refractivity contribution < 1.29 is 39.1 Å². The maximum atomic E-state index is 13.8. The quantitative estimate of drug-likeness (QED) is 0.283. The molecule has 1 aliphatic heterocycles. The fraction of sp³-hybridized carbons (Fsp3) is 0.630. The van der Waals surface area contributed by atoms with Crippen molar-refractivity contribution in [3.05, 3.63) is 32.9 Å². The summed E-state index contributed by atoms with van der Waals surface area (Å²) in [6, 6.07) is 2.68. The summed E-state index contributed by atoms with van der Waals surface area (Å²) in [4.78, 5) is 28.6. The molecule has 210 valence electrons. The van der Waals surface area contributed by atoms with Gasteiger partial charge in [-0.1, -0.05) is 12.8 Å². The highest BCUT2D eigenvalue weighted by Gasteiger charge is 2.45. The average molecular weight is 645 g/mol. The molecule has 1 heterocycles. The van der Waals surface area contributed by atoms with Gasteiger partial charge in [-0.3, -0.25) is 9.59 Å². The number of hydrogen-bond donors (Lipinski definition) is 4. The summed E-state index contributed by atoms with van der Waals surface area (Å²) in [5, 5.41) is 33.2. The molecule has 2 aliphatic carbocycles. The Balaban J connectivity index is 1.70. The summed E-state index contributed by atoms with van der Waals surface area (Å²) >= 11 is 2.08. The van der Waals surface area contributed by atoms with Crippen LogP contribution in [0.15, 0.2) is 23.8 Å². The van der Waals surface area contributed by atoms with Crippen molar-refractivity contribution in [2.75, 3.05) is 26.9 Å². The largest absolute Gasteiger partial charge is 0.493 e. The predicted molar refractivity (Wildman–Crippen MR) is 147 cm³/mol. The van der Waals surface area contributed by atoms with Gasteiger partial charge in [0.15, 0.2) is 11.5 Å². The van der Waals surface area contributed by atoms with Crippen LogP contribution in [0.1, 0.15) is 50.5 Å². The van der Waals surface area contributed by atoms with Crippen LogP contribution < -0.4 is 14.8 Å². The van der Waals surface area contributed by atoms with Crippen LogP contribution in [0.4, 0.5) is 0 Å².